The molecule has 0 saturated heterocycles. The fourth-order valence-corrected chi connectivity index (χ4v) is 2.61. The van der Waals surface area contributed by atoms with E-state index in [0.29, 0.717) is 29.4 Å². The van der Waals surface area contributed by atoms with Gasteiger partial charge in [-0.3, -0.25) is 4.79 Å². The molecule has 0 aliphatic rings. The maximum atomic E-state index is 12.4. The molecule has 0 unspecified atom stereocenters. The number of nitrogens with one attached hydrogen (secondary N) is 1. The molecule has 134 valence electrons. The fourth-order valence-electron chi connectivity index (χ4n) is 2.61. The van der Waals surface area contributed by atoms with Crippen molar-refractivity contribution in [3.63, 3.8) is 0 Å². The van der Waals surface area contributed by atoms with Crippen LogP contribution in [0.1, 0.15) is 23.6 Å². The molecule has 0 bridgehead atoms. The van der Waals surface area contributed by atoms with Crippen LogP contribution in [0.15, 0.2) is 42.0 Å². The molecule has 5 nitrogen and oxygen atoms in total. The molecule has 26 heavy (non-hydrogen) atoms. The Balaban J connectivity index is 2.26. The summed E-state index contributed by atoms with van der Waals surface area (Å²) in [5.41, 5.74) is 3.43. The van der Waals surface area contributed by atoms with E-state index >= 15 is 0 Å². The number of anilines is 1. The lowest BCUT2D eigenvalue weighted by molar-refractivity contribution is -0.112. The lowest BCUT2D eigenvalue weighted by atomic mass is 10.1. The van der Waals surface area contributed by atoms with Gasteiger partial charge < -0.3 is 14.8 Å². The molecule has 0 heterocycles. The fraction of sp³-hybridized carbons (Fsp3) is 0.238. The van der Waals surface area contributed by atoms with E-state index in [-0.39, 0.29) is 5.57 Å². The second-order valence-corrected chi connectivity index (χ2v) is 5.84. The van der Waals surface area contributed by atoms with E-state index in [2.05, 4.69) is 5.32 Å². The van der Waals surface area contributed by atoms with Gasteiger partial charge >= 0.3 is 0 Å². The van der Waals surface area contributed by atoms with Crippen molar-refractivity contribution in [1.29, 1.82) is 5.26 Å². The Morgan fingerprint density at radius 3 is 2.42 bits per heavy atom. The molecule has 0 radical (unpaired) electrons. The first kappa shape index (κ1) is 19.1. The van der Waals surface area contributed by atoms with E-state index in [1.807, 2.05) is 45.0 Å². The minimum absolute atomic E-state index is 0.00960. The highest BCUT2D eigenvalue weighted by atomic mass is 16.5. The number of rotatable bonds is 6. The molecule has 1 N–H and O–H groups in total. The third-order valence-corrected chi connectivity index (χ3v) is 3.64. The van der Waals surface area contributed by atoms with Crippen molar-refractivity contribution < 1.29 is 14.3 Å². The minimum atomic E-state index is -0.453. The molecular formula is C21H22N2O3. The summed E-state index contributed by atoms with van der Waals surface area (Å²) in [4.78, 5) is 12.4. The molecule has 0 aliphatic heterocycles. The molecule has 0 spiro atoms. The number of carbonyl (C=O) groups is 1. The number of methoxy groups -OCH3 is 1. The average molecular weight is 350 g/mol. The molecule has 0 fully saturated rings. The number of hydrogen-bond donors (Lipinski definition) is 1. The highest BCUT2D eigenvalue weighted by molar-refractivity contribution is 6.09. The Kier molecular flexibility index (Phi) is 6.40. The van der Waals surface area contributed by atoms with Gasteiger partial charge in [-0.1, -0.05) is 12.1 Å². The van der Waals surface area contributed by atoms with Gasteiger partial charge in [0.05, 0.1) is 13.7 Å². The van der Waals surface area contributed by atoms with E-state index in [4.69, 9.17) is 9.47 Å². The summed E-state index contributed by atoms with van der Waals surface area (Å²) in [6.45, 7) is 6.32. The first-order valence-corrected chi connectivity index (χ1v) is 8.29. The number of hydrogen-bond acceptors (Lipinski definition) is 4. The monoisotopic (exact) mass is 350 g/mol. The molecule has 0 atom stereocenters. The second-order valence-electron chi connectivity index (χ2n) is 5.84. The number of benzene rings is 2. The third kappa shape index (κ3) is 4.87. The molecule has 1 amide bonds. The number of amides is 1. The lowest BCUT2D eigenvalue weighted by Gasteiger charge is -2.10. The largest absolute Gasteiger partial charge is 0.493 e. The summed E-state index contributed by atoms with van der Waals surface area (Å²) in [6.07, 6.45) is 1.52. The Morgan fingerprint density at radius 2 is 1.85 bits per heavy atom. The van der Waals surface area contributed by atoms with Crippen LogP contribution in [0.5, 0.6) is 11.5 Å². The molecule has 0 saturated carbocycles. The van der Waals surface area contributed by atoms with Gasteiger partial charge in [-0.2, -0.15) is 5.26 Å². The van der Waals surface area contributed by atoms with Gasteiger partial charge in [0.1, 0.15) is 11.6 Å². The van der Waals surface area contributed by atoms with E-state index in [9.17, 15) is 10.1 Å². The second kappa shape index (κ2) is 8.72. The zero-order chi connectivity index (χ0) is 19.1. The van der Waals surface area contributed by atoms with Gasteiger partial charge in [0, 0.05) is 5.69 Å². The van der Waals surface area contributed by atoms with Crippen LogP contribution in [-0.4, -0.2) is 19.6 Å². The Labute approximate surface area is 153 Å². The van der Waals surface area contributed by atoms with Crippen LogP contribution < -0.4 is 14.8 Å². The van der Waals surface area contributed by atoms with Crippen molar-refractivity contribution in [2.24, 2.45) is 0 Å². The Morgan fingerprint density at radius 1 is 1.15 bits per heavy atom. The average Bonchev–Trinajstić information content (AvgIpc) is 2.59. The number of nitrogens with zero attached hydrogens (tertiary/aromatic N) is 1. The summed E-state index contributed by atoms with van der Waals surface area (Å²) < 4.78 is 10.8. The van der Waals surface area contributed by atoms with Gasteiger partial charge in [-0.25, -0.2) is 0 Å². The van der Waals surface area contributed by atoms with Crippen LogP contribution in [0, 0.1) is 25.2 Å². The van der Waals surface area contributed by atoms with Crippen LogP contribution in [0.25, 0.3) is 6.08 Å². The third-order valence-electron chi connectivity index (χ3n) is 3.64. The quantitative estimate of drug-likeness (QED) is 0.624. The first-order chi connectivity index (χ1) is 12.5. The Bertz CT molecular complexity index is 859. The molecule has 2 aromatic carbocycles. The molecule has 0 aliphatic carbocycles. The van der Waals surface area contributed by atoms with E-state index in [1.165, 1.54) is 6.08 Å². The topological polar surface area (TPSA) is 71.3 Å². The highest BCUT2D eigenvalue weighted by Gasteiger charge is 2.11. The number of carbonyl (C=O) groups excluding carboxylic acids is 1. The minimum Gasteiger partial charge on any atom is -0.493 e. The predicted molar refractivity (Wildman–Crippen MR) is 102 cm³/mol. The molecule has 5 heteroatoms. The van der Waals surface area contributed by atoms with Crippen molar-refractivity contribution in [2.75, 3.05) is 19.0 Å². The van der Waals surface area contributed by atoms with Gasteiger partial charge in [-0.05, 0) is 67.8 Å². The van der Waals surface area contributed by atoms with E-state index in [0.717, 1.165) is 11.1 Å². The number of nitriles is 1. The molecule has 0 aromatic heterocycles. The Hall–Kier alpha value is -3.26. The van der Waals surface area contributed by atoms with Crippen molar-refractivity contribution in [1.82, 2.24) is 0 Å². The zero-order valence-corrected chi connectivity index (χ0v) is 15.4. The summed E-state index contributed by atoms with van der Waals surface area (Å²) in [7, 11) is 1.54. The van der Waals surface area contributed by atoms with Crippen LogP contribution in [-0.2, 0) is 4.79 Å². The van der Waals surface area contributed by atoms with Crippen LogP contribution >= 0.6 is 0 Å². The zero-order valence-electron chi connectivity index (χ0n) is 15.4. The molecule has 2 aromatic rings. The maximum absolute atomic E-state index is 12.4. The molecular weight excluding hydrogens is 328 g/mol. The van der Waals surface area contributed by atoms with Crippen LogP contribution in [0.4, 0.5) is 5.69 Å². The van der Waals surface area contributed by atoms with Gasteiger partial charge in [0.2, 0.25) is 0 Å². The van der Waals surface area contributed by atoms with Crippen LogP contribution in [0.3, 0.4) is 0 Å². The molecule has 2 rings (SSSR count). The van der Waals surface area contributed by atoms with Gasteiger partial charge in [0.15, 0.2) is 11.5 Å². The number of aryl methyl sites for hydroxylation is 2. The van der Waals surface area contributed by atoms with Crippen molar-refractivity contribution >= 4 is 17.7 Å². The SMILES string of the molecule is CCOc1ccc(/C=C(\C#N)C(=O)Nc2cc(C)cc(C)c2)cc1OC. The van der Waals surface area contributed by atoms with E-state index in [1.54, 1.807) is 25.3 Å². The predicted octanol–water partition coefficient (Wildman–Crippen LogP) is 4.26. The van der Waals surface area contributed by atoms with Crippen molar-refractivity contribution in [2.45, 2.75) is 20.8 Å². The van der Waals surface area contributed by atoms with Crippen LogP contribution in [0.2, 0.25) is 0 Å². The van der Waals surface area contributed by atoms with Crippen molar-refractivity contribution in [3.8, 4) is 17.6 Å². The summed E-state index contributed by atoms with van der Waals surface area (Å²) in [5.74, 6) is 0.711. The lowest BCUT2D eigenvalue weighted by Crippen LogP contribution is -2.13. The summed E-state index contributed by atoms with van der Waals surface area (Å²) in [6, 6.07) is 12.9. The van der Waals surface area contributed by atoms with Gasteiger partial charge in [-0.15, -0.1) is 0 Å². The smallest absolute Gasteiger partial charge is 0.266 e. The number of ether oxygens (including phenoxy) is 2. The standard InChI is InChI=1S/C21H22N2O3/c1-5-26-19-7-6-16(12-20(19)25-4)11-17(13-22)21(24)23-18-9-14(2)8-15(3)10-18/h6-12H,5H2,1-4H3,(H,23,24)/b17-11+. The summed E-state index contributed by atoms with van der Waals surface area (Å²) in [5, 5.41) is 12.1. The maximum Gasteiger partial charge on any atom is 0.266 e. The normalized spacial score (nSPS) is 10.8. The van der Waals surface area contributed by atoms with E-state index < -0.39 is 5.91 Å². The first-order valence-electron chi connectivity index (χ1n) is 8.29. The van der Waals surface area contributed by atoms with Crippen molar-refractivity contribution in [3.05, 3.63) is 58.7 Å². The highest BCUT2D eigenvalue weighted by Crippen LogP contribution is 2.29. The summed E-state index contributed by atoms with van der Waals surface area (Å²) >= 11 is 0. The van der Waals surface area contributed by atoms with Gasteiger partial charge in [0.25, 0.3) is 5.91 Å².